The molecule has 0 spiro atoms. The van der Waals surface area contributed by atoms with Crippen LogP contribution in [-0.2, 0) is 11.8 Å². The predicted octanol–water partition coefficient (Wildman–Crippen LogP) is 3.78. The average Bonchev–Trinajstić information content (AvgIpc) is 3.02. The highest BCUT2D eigenvalue weighted by molar-refractivity contribution is 8.00. The van der Waals surface area contributed by atoms with E-state index in [9.17, 15) is 4.79 Å². The van der Waals surface area contributed by atoms with Gasteiger partial charge in [-0.3, -0.25) is 4.79 Å². The number of nitrogens with one attached hydrogen (secondary N) is 1. The summed E-state index contributed by atoms with van der Waals surface area (Å²) in [7, 11) is 1.88. The molecule has 0 saturated heterocycles. The number of hydrogen-bond donors (Lipinski definition) is 1. The van der Waals surface area contributed by atoms with Gasteiger partial charge in [0.2, 0.25) is 5.91 Å². The monoisotopic (exact) mass is 377 g/mol. The fraction of sp³-hybridized carbons (Fsp3) is 0.200. The number of nitrogens with zero attached hydrogens (tertiary/aromatic N) is 4. The second kappa shape index (κ2) is 8.06. The van der Waals surface area contributed by atoms with Crippen LogP contribution in [0.2, 0.25) is 0 Å². The summed E-state index contributed by atoms with van der Waals surface area (Å²) in [5.74, 6) is 0.562. The number of amides is 1. The van der Waals surface area contributed by atoms with Crippen LogP contribution in [0.4, 0.5) is 5.69 Å². The normalized spacial score (nSPS) is 11.6. The third-order valence-corrected chi connectivity index (χ3v) is 5.20. The van der Waals surface area contributed by atoms with Gasteiger partial charge in [-0.1, -0.05) is 47.7 Å². The highest BCUT2D eigenvalue weighted by Crippen LogP contribution is 2.27. The molecule has 136 valence electrons. The first kappa shape index (κ1) is 18.7. The maximum absolute atomic E-state index is 12.5. The van der Waals surface area contributed by atoms with Gasteiger partial charge in [-0.2, -0.15) is 5.26 Å². The molecule has 2 aromatic carbocycles. The van der Waals surface area contributed by atoms with Gasteiger partial charge in [-0.05, 0) is 32.0 Å². The fourth-order valence-corrected chi connectivity index (χ4v) is 3.40. The molecule has 0 bridgehead atoms. The van der Waals surface area contributed by atoms with Crippen LogP contribution < -0.4 is 5.32 Å². The first-order chi connectivity index (χ1) is 13.0. The van der Waals surface area contributed by atoms with Crippen LogP contribution in [0.5, 0.6) is 0 Å². The van der Waals surface area contributed by atoms with E-state index in [1.165, 1.54) is 11.8 Å². The van der Waals surface area contributed by atoms with Crippen LogP contribution in [0.25, 0.3) is 11.4 Å². The molecule has 0 aliphatic rings. The van der Waals surface area contributed by atoms with Gasteiger partial charge in [0.1, 0.15) is 6.07 Å². The van der Waals surface area contributed by atoms with Crippen molar-refractivity contribution in [3.8, 4) is 17.5 Å². The van der Waals surface area contributed by atoms with Gasteiger partial charge in [-0.15, -0.1) is 10.2 Å². The molecule has 1 amide bonds. The number of hydrogen-bond acceptors (Lipinski definition) is 5. The summed E-state index contributed by atoms with van der Waals surface area (Å²) < 4.78 is 1.88. The second-order valence-electron chi connectivity index (χ2n) is 6.14. The Kier molecular flexibility index (Phi) is 5.57. The number of nitriles is 1. The summed E-state index contributed by atoms with van der Waals surface area (Å²) in [4.78, 5) is 12.5. The molecule has 1 aromatic heterocycles. The molecule has 0 saturated carbocycles. The number of carbonyl (C=O) groups excluding carboxylic acids is 1. The number of para-hydroxylation sites is 1. The molecular weight excluding hydrogens is 358 g/mol. The lowest BCUT2D eigenvalue weighted by atomic mass is 10.1. The van der Waals surface area contributed by atoms with Crippen molar-refractivity contribution in [1.82, 2.24) is 14.8 Å². The highest BCUT2D eigenvalue weighted by Gasteiger charge is 2.20. The maximum atomic E-state index is 12.5. The Hall–Kier alpha value is -3.11. The summed E-state index contributed by atoms with van der Waals surface area (Å²) in [5, 5.41) is 20.7. The van der Waals surface area contributed by atoms with Crippen molar-refractivity contribution in [1.29, 1.82) is 5.26 Å². The number of carbonyl (C=O) groups is 1. The van der Waals surface area contributed by atoms with Crippen molar-refractivity contribution in [2.45, 2.75) is 24.3 Å². The Bertz CT molecular complexity index is 1020. The lowest BCUT2D eigenvalue weighted by Gasteiger charge is -2.12. The summed E-state index contributed by atoms with van der Waals surface area (Å²) in [6.45, 7) is 3.83. The molecule has 3 aromatic rings. The Morgan fingerprint density at radius 1 is 1.22 bits per heavy atom. The SMILES string of the molecule is Cc1cccc(-c2nnc(SC(C)C(=O)Nc3ccccc3C#N)n2C)c1. The molecule has 1 heterocycles. The van der Waals surface area contributed by atoms with E-state index >= 15 is 0 Å². The molecule has 27 heavy (non-hydrogen) atoms. The predicted molar refractivity (Wildman–Crippen MR) is 106 cm³/mol. The Labute approximate surface area is 162 Å². The van der Waals surface area contributed by atoms with Crippen molar-refractivity contribution >= 4 is 23.4 Å². The van der Waals surface area contributed by atoms with Gasteiger partial charge in [0.05, 0.1) is 16.5 Å². The van der Waals surface area contributed by atoms with E-state index in [0.29, 0.717) is 16.4 Å². The molecule has 0 fully saturated rings. The van der Waals surface area contributed by atoms with Crippen LogP contribution in [0, 0.1) is 18.3 Å². The van der Waals surface area contributed by atoms with Crippen LogP contribution in [0.3, 0.4) is 0 Å². The lowest BCUT2D eigenvalue weighted by Crippen LogP contribution is -2.23. The van der Waals surface area contributed by atoms with E-state index in [1.54, 1.807) is 31.2 Å². The number of aromatic nitrogens is 3. The molecule has 0 radical (unpaired) electrons. The van der Waals surface area contributed by atoms with Crippen molar-refractivity contribution in [3.63, 3.8) is 0 Å². The van der Waals surface area contributed by atoms with E-state index in [1.807, 2.05) is 42.8 Å². The van der Waals surface area contributed by atoms with Crippen LogP contribution in [0.15, 0.2) is 53.7 Å². The molecule has 6 nitrogen and oxygen atoms in total. The molecule has 3 rings (SSSR count). The molecule has 0 aliphatic heterocycles. The van der Waals surface area contributed by atoms with Crippen LogP contribution in [0.1, 0.15) is 18.1 Å². The molecule has 1 unspecified atom stereocenters. The number of aryl methyl sites for hydroxylation is 1. The van der Waals surface area contributed by atoms with E-state index < -0.39 is 5.25 Å². The van der Waals surface area contributed by atoms with Crippen molar-refractivity contribution in [3.05, 3.63) is 59.7 Å². The highest BCUT2D eigenvalue weighted by atomic mass is 32.2. The van der Waals surface area contributed by atoms with Gasteiger partial charge in [0.15, 0.2) is 11.0 Å². The van der Waals surface area contributed by atoms with Gasteiger partial charge in [0.25, 0.3) is 0 Å². The maximum Gasteiger partial charge on any atom is 0.237 e. The molecule has 0 aliphatic carbocycles. The zero-order valence-corrected chi connectivity index (χ0v) is 16.1. The molecule has 7 heteroatoms. The topological polar surface area (TPSA) is 83.6 Å². The molecule has 1 N–H and O–H groups in total. The second-order valence-corrected chi connectivity index (χ2v) is 7.45. The molecular formula is C20H19N5OS. The zero-order chi connectivity index (χ0) is 19.4. The number of anilines is 1. The summed E-state index contributed by atoms with van der Waals surface area (Å²) >= 11 is 1.33. The molecule has 1 atom stereocenters. The van der Waals surface area contributed by atoms with E-state index in [2.05, 4.69) is 21.6 Å². The first-order valence-corrected chi connectivity index (χ1v) is 9.30. The minimum Gasteiger partial charge on any atom is -0.324 e. The number of thioether (sulfide) groups is 1. The third-order valence-electron chi connectivity index (χ3n) is 4.07. The van der Waals surface area contributed by atoms with Gasteiger partial charge in [-0.25, -0.2) is 0 Å². The fourth-order valence-electron chi connectivity index (χ4n) is 2.59. The largest absolute Gasteiger partial charge is 0.324 e. The first-order valence-electron chi connectivity index (χ1n) is 8.42. The van der Waals surface area contributed by atoms with E-state index in [4.69, 9.17) is 5.26 Å². The van der Waals surface area contributed by atoms with Gasteiger partial charge in [0, 0.05) is 12.6 Å². The van der Waals surface area contributed by atoms with Crippen LogP contribution >= 0.6 is 11.8 Å². The van der Waals surface area contributed by atoms with E-state index in [0.717, 1.165) is 17.0 Å². The van der Waals surface area contributed by atoms with Crippen LogP contribution in [-0.4, -0.2) is 25.9 Å². The summed E-state index contributed by atoms with van der Waals surface area (Å²) in [6, 6.07) is 17.1. The minimum atomic E-state index is -0.398. The summed E-state index contributed by atoms with van der Waals surface area (Å²) in [6.07, 6.45) is 0. The number of benzene rings is 2. The van der Waals surface area contributed by atoms with Gasteiger partial charge >= 0.3 is 0 Å². The lowest BCUT2D eigenvalue weighted by molar-refractivity contribution is -0.115. The standard InChI is InChI=1S/C20H19N5OS/c1-13-7-6-9-15(11-13)18-23-24-20(25(18)3)27-14(2)19(26)22-17-10-5-4-8-16(17)12-21/h4-11,14H,1-3H3,(H,22,26). The average molecular weight is 377 g/mol. The number of rotatable bonds is 5. The minimum absolute atomic E-state index is 0.192. The van der Waals surface area contributed by atoms with Crippen molar-refractivity contribution in [2.24, 2.45) is 7.05 Å². The van der Waals surface area contributed by atoms with Crippen molar-refractivity contribution < 1.29 is 4.79 Å². The zero-order valence-electron chi connectivity index (χ0n) is 15.3. The van der Waals surface area contributed by atoms with Crippen molar-refractivity contribution in [2.75, 3.05) is 5.32 Å². The van der Waals surface area contributed by atoms with E-state index in [-0.39, 0.29) is 5.91 Å². The quantitative estimate of drug-likeness (QED) is 0.684. The Morgan fingerprint density at radius 3 is 2.74 bits per heavy atom. The Balaban J connectivity index is 1.74. The summed E-state index contributed by atoms with van der Waals surface area (Å²) in [5.41, 5.74) is 3.07. The smallest absolute Gasteiger partial charge is 0.237 e. The van der Waals surface area contributed by atoms with Gasteiger partial charge < -0.3 is 9.88 Å². The third kappa shape index (κ3) is 4.18. The Morgan fingerprint density at radius 2 is 2.00 bits per heavy atom.